The molecule has 0 aliphatic carbocycles. The van der Waals surface area contributed by atoms with Crippen LogP contribution in [0.1, 0.15) is 22.3 Å². The van der Waals surface area contributed by atoms with Crippen LogP contribution >= 0.6 is 0 Å². The molecule has 0 heterocycles. The van der Waals surface area contributed by atoms with Crippen molar-refractivity contribution in [2.24, 2.45) is 5.73 Å². The third kappa shape index (κ3) is 5.74. The number of carbonyl (C=O) groups is 1. The lowest BCUT2D eigenvalue weighted by Gasteiger charge is -2.09. The molecule has 168 valence electrons. The number of alkyl halides is 3. The van der Waals surface area contributed by atoms with Gasteiger partial charge in [-0.05, 0) is 53.1 Å². The molecule has 1 amide bonds. The average molecular weight is 462 g/mol. The highest BCUT2D eigenvalue weighted by Gasteiger charge is 2.29. The standard InChI is InChI=1S/C23H21F3N2O3S/c24-23(25,26)19-8-4-17(5-9-19)15-28-22(29)13-16-6-10-20(11-7-16)32(30,31)21-3-1-2-18(12-21)14-27/h1-12H,13-15,27H2,(H,28,29). The fourth-order valence-electron chi connectivity index (χ4n) is 3.02. The number of carbonyl (C=O) groups excluding carboxylic acids is 1. The van der Waals surface area contributed by atoms with Crippen molar-refractivity contribution >= 4 is 15.7 Å². The van der Waals surface area contributed by atoms with E-state index in [2.05, 4.69) is 5.32 Å². The molecule has 3 N–H and O–H groups in total. The van der Waals surface area contributed by atoms with E-state index in [1.165, 1.54) is 36.4 Å². The number of hydrogen-bond donors (Lipinski definition) is 2. The summed E-state index contributed by atoms with van der Waals surface area (Å²) in [5, 5.41) is 2.64. The minimum Gasteiger partial charge on any atom is -0.352 e. The van der Waals surface area contributed by atoms with Crippen molar-refractivity contribution in [3.05, 3.63) is 95.1 Å². The zero-order chi connectivity index (χ0) is 23.4. The second-order valence-electron chi connectivity index (χ2n) is 7.15. The monoisotopic (exact) mass is 462 g/mol. The lowest BCUT2D eigenvalue weighted by Crippen LogP contribution is -2.24. The Morgan fingerprint density at radius 1 is 0.844 bits per heavy atom. The lowest BCUT2D eigenvalue weighted by atomic mass is 10.1. The highest BCUT2D eigenvalue weighted by atomic mass is 32.2. The summed E-state index contributed by atoms with van der Waals surface area (Å²) in [6.45, 7) is 0.310. The van der Waals surface area contributed by atoms with E-state index in [0.29, 0.717) is 16.7 Å². The normalized spacial score (nSPS) is 11.9. The molecular weight excluding hydrogens is 441 g/mol. The molecule has 0 unspecified atom stereocenters. The first-order valence-electron chi connectivity index (χ1n) is 9.65. The molecular formula is C23H21F3N2O3S. The van der Waals surface area contributed by atoms with E-state index in [1.807, 2.05) is 0 Å². The molecule has 0 atom stereocenters. The SMILES string of the molecule is NCc1cccc(S(=O)(=O)c2ccc(CC(=O)NCc3ccc(C(F)(F)F)cc3)cc2)c1. The number of rotatable bonds is 7. The molecule has 0 aliphatic rings. The van der Waals surface area contributed by atoms with E-state index in [0.717, 1.165) is 12.1 Å². The van der Waals surface area contributed by atoms with Gasteiger partial charge in [-0.2, -0.15) is 13.2 Å². The van der Waals surface area contributed by atoms with Gasteiger partial charge >= 0.3 is 6.18 Å². The van der Waals surface area contributed by atoms with Gasteiger partial charge in [-0.15, -0.1) is 0 Å². The van der Waals surface area contributed by atoms with Gasteiger partial charge in [0.05, 0.1) is 21.8 Å². The van der Waals surface area contributed by atoms with Crippen LogP contribution in [0.15, 0.2) is 82.6 Å². The van der Waals surface area contributed by atoms with Crippen LogP contribution < -0.4 is 11.1 Å². The molecule has 3 rings (SSSR count). The van der Waals surface area contributed by atoms with Crippen molar-refractivity contribution in [2.75, 3.05) is 0 Å². The fourth-order valence-corrected chi connectivity index (χ4v) is 4.35. The minimum absolute atomic E-state index is 0.00359. The van der Waals surface area contributed by atoms with Crippen LogP contribution in [-0.4, -0.2) is 14.3 Å². The molecule has 0 fully saturated rings. The van der Waals surface area contributed by atoms with Crippen LogP contribution in [0.3, 0.4) is 0 Å². The van der Waals surface area contributed by atoms with Gasteiger partial charge in [0, 0.05) is 13.1 Å². The van der Waals surface area contributed by atoms with Crippen LogP contribution in [-0.2, 0) is 40.3 Å². The molecule has 0 radical (unpaired) electrons. The number of benzene rings is 3. The smallest absolute Gasteiger partial charge is 0.352 e. The summed E-state index contributed by atoms with van der Waals surface area (Å²) in [4.78, 5) is 12.4. The number of hydrogen-bond acceptors (Lipinski definition) is 4. The lowest BCUT2D eigenvalue weighted by molar-refractivity contribution is -0.137. The van der Waals surface area contributed by atoms with E-state index >= 15 is 0 Å². The third-order valence-electron chi connectivity index (χ3n) is 4.81. The van der Waals surface area contributed by atoms with Gasteiger partial charge in [0.2, 0.25) is 15.7 Å². The van der Waals surface area contributed by atoms with Crippen molar-refractivity contribution in [3.8, 4) is 0 Å². The van der Waals surface area contributed by atoms with E-state index in [-0.39, 0.29) is 35.2 Å². The first-order chi connectivity index (χ1) is 15.1. The maximum atomic E-state index is 12.8. The molecule has 0 aliphatic heterocycles. The number of sulfone groups is 1. The molecule has 3 aromatic rings. The summed E-state index contributed by atoms with van der Waals surface area (Å²) < 4.78 is 63.4. The van der Waals surface area contributed by atoms with E-state index in [9.17, 15) is 26.4 Å². The van der Waals surface area contributed by atoms with Gasteiger partial charge in [0.1, 0.15) is 0 Å². The summed E-state index contributed by atoms with van der Waals surface area (Å²) in [6.07, 6.45) is -4.40. The first-order valence-corrected chi connectivity index (χ1v) is 11.1. The Labute approximate surface area is 184 Å². The second-order valence-corrected chi connectivity index (χ2v) is 9.10. The van der Waals surface area contributed by atoms with E-state index in [4.69, 9.17) is 5.73 Å². The Morgan fingerprint density at radius 2 is 1.47 bits per heavy atom. The van der Waals surface area contributed by atoms with Crippen molar-refractivity contribution in [2.45, 2.75) is 35.5 Å². The summed E-state index contributed by atoms with van der Waals surface area (Å²) in [5.41, 5.74) is 6.66. The largest absolute Gasteiger partial charge is 0.416 e. The van der Waals surface area contributed by atoms with Crippen molar-refractivity contribution < 1.29 is 26.4 Å². The Morgan fingerprint density at radius 3 is 2.06 bits per heavy atom. The molecule has 5 nitrogen and oxygen atoms in total. The maximum Gasteiger partial charge on any atom is 0.416 e. The van der Waals surface area contributed by atoms with Crippen LogP contribution in [0.5, 0.6) is 0 Å². The molecule has 0 aromatic heterocycles. The number of nitrogens with two attached hydrogens (primary N) is 1. The highest BCUT2D eigenvalue weighted by Crippen LogP contribution is 2.29. The van der Waals surface area contributed by atoms with Crippen molar-refractivity contribution in [1.29, 1.82) is 0 Å². The van der Waals surface area contributed by atoms with Gasteiger partial charge in [-0.3, -0.25) is 4.79 Å². The van der Waals surface area contributed by atoms with Gasteiger partial charge < -0.3 is 11.1 Å². The molecule has 32 heavy (non-hydrogen) atoms. The van der Waals surface area contributed by atoms with Crippen LogP contribution in [0.4, 0.5) is 13.2 Å². The van der Waals surface area contributed by atoms with Crippen LogP contribution in [0.25, 0.3) is 0 Å². The highest BCUT2D eigenvalue weighted by molar-refractivity contribution is 7.91. The van der Waals surface area contributed by atoms with E-state index in [1.54, 1.807) is 24.3 Å². The van der Waals surface area contributed by atoms with Gasteiger partial charge in [0.25, 0.3) is 0 Å². The molecule has 3 aromatic carbocycles. The maximum absolute atomic E-state index is 12.8. The Bertz CT molecular complexity index is 1190. The molecule has 0 bridgehead atoms. The molecule has 0 spiro atoms. The third-order valence-corrected chi connectivity index (χ3v) is 6.58. The Hall–Kier alpha value is -3.17. The number of amides is 1. The average Bonchev–Trinajstić information content (AvgIpc) is 2.78. The number of nitrogens with one attached hydrogen (secondary N) is 1. The molecule has 0 saturated carbocycles. The predicted molar refractivity (Wildman–Crippen MR) is 113 cm³/mol. The summed E-state index contributed by atoms with van der Waals surface area (Å²) in [5.74, 6) is -0.337. The quantitative estimate of drug-likeness (QED) is 0.558. The predicted octanol–water partition coefficient (Wildman–Crippen LogP) is 3.86. The summed E-state index contributed by atoms with van der Waals surface area (Å²) in [7, 11) is -3.71. The minimum atomic E-state index is -4.41. The molecule has 9 heteroatoms. The van der Waals surface area contributed by atoms with Crippen molar-refractivity contribution in [3.63, 3.8) is 0 Å². The first kappa shape index (κ1) is 23.5. The summed E-state index contributed by atoms with van der Waals surface area (Å²) in [6, 6.07) is 16.9. The molecule has 0 saturated heterocycles. The topological polar surface area (TPSA) is 89.3 Å². The fraction of sp³-hybridized carbons (Fsp3) is 0.174. The van der Waals surface area contributed by atoms with Gasteiger partial charge in [-0.25, -0.2) is 8.42 Å². The second kappa shape index (κ2) is 9.54. The zero-order valence-electron chi connectivity index (χ0n) is 16.9. The van der Waals surface area contributed by atoms with Crippen LogP contribution in [0.2, 0.25) is 0 Å². The van der Waals surface area contributed by atoms with E-state index < -0.39 is 21.6 Å². The summed E-state index contributed by atoms with van der Waals surface area (Å²) >= 11 is 0. The van der Waals surface area contributed by atoms with Gasteiger partial charge in [0.15, 0.2) is 0 Å². The Balaban J connectivity index is 1.61. The number of halogens is 3. The van der Waals surface area contributed by atoms with Crippen molar-refractivity contribution in [1.82, 2.24) is 5.32 Å². The Kier molecular flexibility index (Phi) is 7.00. The zero-order valence-corrected chi connectivity index (χ0v) is 17.7. The van der Waals surface area contributed by atoms with Gasteiger partial charge in [-0.1, -0.05) is 36.4 Å². The van der Waals surface area contributed by atoms with Crippen LogP contribution in [0, 0.1) is 0 Å².